The van der Waals surface area contributed by atoms with E-state index in [0.29, 0.717) is 31.1 Å². The average Bonchev–Trinajstić information content (AvgIpc) is 3.42. The van der Waals surface area contributed by atoms with Crippen LogP contribution in [-0.2, 0) is 16.0 Å². The molecule has 2 aliphatic carbocycles. The van der Waals surface area contributed by atoms with Gasteiger partial charge in [-0.05, 0) is 69.0 Å². The summed E-state index contributed by atoms with van der Waals surface area (Å²) >= 11 is 0. The third kappa shape index (κ3) is 6.47. The van der Waals surface area contributed by atoms with Gasteiger partial charge in [-0.3, -0.25) is 14.5 Å². The van der Waals surface area contributed by atoms with Gasteiger partial charge in [-0.25, -0.2) is 4.79 Å². The number of nitrogens with two attached hydrogens (primary N) is 1. The number of piperidine rings is 1. The Morgan fingerprint density at radius 3 is 2.28 bits per heavy atom. The third-order valence-corrected chi connectivity index (χ3v) is 8.87. The lowest BCUT2D eigenvalue weighted by atomic mass is 9.79. The Morgan fingerprint density at radius 2 is 1.64 bits per heavy atom. The number of amides is 4. The number of carbonyl (C=O) groups is 3. The van der Waals surface area contributed by atoms with Gasteiger partial charge in [0.25, 0.3) is 0 Å². The van der Waals surface area contributed by atoms with Gasteiger partial charge in [0, 0.05) is 12.6 Å². The molecule has 0 aromatic heterocycles. The van der Waals surface area contributed by atoms with E-state index in [1.54, 1.807) is 0 Å². The van der Waals surface area contributed by atoms with Gasteiger partial charge in [0.1, 0.15) is 5.41 Å². The van der Waals surface area contributed by atoms with Gasteiger partial charge in [-0.15, -0.1) is 0 Å². The number of nitrogens with zero attached hydrogens (tertiary/aromatic N) is 1. The van der Waals surface area contributed by atoms with Crippen LogP contribution in [0, 0.1) is 17.3 Å². The van der Waals surface area contributed by atoms with Crippen molar-refractivity contribution in [3.8, 4) is 0 Å². The van der Waals surface area contributed by atoms with Crippen molar-refractivity contribution in [3.63, 3.8) is 0 Å². The third-order valence-electron chi connectivity index (χ3n) is 8.87. The van der Waals surface area contributed by atoms with E-state index in [1.165, 1.54) is 37.0 Å². The van der Waals surface area contributed by atoms with Crippen LogP contribution in [0.25, 0.3) is 0 Å². The second kappa shape index (κ2) is 12.7. The fourth-order valence-electron chi connectivity index (χ4n) is 6.62. The lowest BCUT2D eigenvalue weighted by molar-refractivity contribution is -0.146. The SMILES string of the molecule is NC(=O)C1(C(=O)N(CCc2ccccc2)C(=O)N[C@H](CC2CCCCC2)C2CCNCC2)CCCC1. The largest absolute Gasteiger partial charge is 0.369 e. The predicted octanol–water partition coefficient (Wildman–Crippen LogP) is 4.15. The Hall–Kier alpha value is -2.41. The number of hydrogen-bond acceptors (Lipinski definition) is 4. The second-order valence-electron chi connectivity index (χ2n) is 11.2. The molecule has 3 fully saturated rings. The Morgan fingerprint density at radius 1 is 0.972 bits per heavy atom. The van der Waals surface area contributed by atoms with Crippen molar-refractivity contribution in [2.24, 2.45) is 23.0 Å². The number of nitrogens with one attached hydrogen (secondary N) is 2. The molecule has 0 radical (unpaired) electrons. The van der Waals surface area contributed by atoms with Crippen molar-refractivity contribution in [2.45, 2.75) is 89.5 Å². The maximum Gasteiger partial charge on any atom is 0.324 e. The molecule has 198 valence electrons. The molecule has 1 aromatic rings. The molecule has 4 rings (SSSR count). The highest BCUT2D eigenvalue weighted by Crippen LogP contribution is 2.40. The van der Waals surface area contributed by atoms with Crippen molar-refractivity contribution in [1.82, 2.24) is 15.5 Å². The molecule has 1 saturated heterocycles. The topological polar surface area (TPSA) is 105 Å². The molecule has 3 aliphatic rings. The van der Waals surface area contributed by atoms with E-state index in [0.717, 1.165) is 50.8 Å². The minimum Gasteiger partial charge on any atom is -0.369 e. The highest BCUT2D eigenvalue weighted by Gasteiger charge is 2.50. The standard InChI is InChI=1S/C29H44N4O3/c30-26(34)29(16-7-8-17-29)27(35)33(20-15-22-9-3-1-4-10-22)28(36)32-25(24-13-18-31-19-14-24)21-23-11-5-2-6-12-23/h1,3-4,9-10,23-25,31H,2,5-8,11-21H2,(H2,30,34)(H,32,36)/t25-/m1/s1. The molecule has 4 amide bonds. The summed E-state index contributed by atoms with van der Waals surface area (Å²) in [6.45, 7) is 2.17. The summed E-state index contributed by atoms with van der Waals surface area (Å²) in [7, 11) is 0. The Bertz CT molecular complexity index is 872. The van der Waals surface area contributed by atoms with Gasteiger partial charge in [0.2, 0.25) is 11.8 Å². The van der Waals surface area contributed by atoms with Gasteiger partial charge in [-0.1, -0.05) is 75.3 Å². The molecule has 1 aromatic carbocycles. The van der Waals surface area contributed by atoms with E-state index in [-0.39, 0.29) is 18.6 Å². The summed E-state index contributed by atoms with van der Waals surface area (Å²) in [5.41, 5.74) is 5.59. The summed E-state index contributed by atoms with van der Waals surface area (Å²) < 4.78 is 0. The van der Waals surface area contributed by atoms with Gasteiger partial charge in [0.05, 0.1) is 0 Å². The number of urea groups is 1. The van der Waals surface area contributed by atoms with Crippen LogP contribution in [0.3, 0.4) is 0 Å². The van der Waals surface area contributed by atoms with Crippen LogP contribution in [0.1, 0.15) is 82.6 Å². The molecule has 4 N–H and O–H groups in total. The number of carbonyl (C=O) groups excluding carboxylic acids is 3. The lowest BCUT2D eigenvalue weighted by Gasteiger charge is -2.37. The molecule has 1 aliphatic heterocycles. The van der Waals surface area contributed by atoms with E-state index in [4.69, 9.17) is 5.73 Å². The average molecular weight is 497 g/mol. The molecule has 1 atom stereocenters. The van der Waals surface area contributed by atoms with Crippen LogP contribution in [0.5, 0.6) is 0 Å². The number of imide groups is 1. The molecule has 0 bridgehead atoms. The summed E-state index contributed by atoms with van der Waals surface area (Å²) in [5.74, 6) is 0.0151. The molecule has 7 heteroatoms. The summed E-state index contributed by atoms with van der Waals surface area (Å²) in [6.07, 6.45) is 12.3. The quantitative estimate of drug-likeness (QED) is 0.447. The molecule has 0 spiro atoms. The number of primary amides is 1. The van der Waals surface area contributed by atoms with Gasteiger partial charge < -0.3 is 16.4 Å². The van der Waals surface area contributed by atoms with E-state index >= 15 is 0 Å². The smallest absolute Gasteiger partial charge is 0.324 e. The van der Waals surface area contributed by atoms with Gasteiger partial charge in [0.15, 0.2) is 0 Å². The molecule has 0 unspecified atom stereocenters. The first-order valence-corrected chi connectivity index (χ1v) is 14.2. The molecular weight excluding hydrogens is 452 g/mol. The zero-order valence-electron chi connectivity index (χ0n) is 21.7. The molecule has 2 saturated carbocycles. The monoisotopic (exact) mass is 496 g/mol. The van der Waals surface area contributed by atoms with Crippen molar-refractivity contribution in [2.75, 3.05) is 19.6 Å². The Kier molecular flexibility index (Phi) is 9.41. The van der Waals surface area contributed by atoms with Crippen molar-refractivity contribution in [1.29, 1.82) is 0 Å². The van der Waals surface area contributed by atoms with E-state index in [1.807, 2.05) is 30.3 Å². The predicted molar refractivity (Wildman–Crippen MR) is 141 cm³/mol. The van der Waals surface area contributed by atoms with Gasteiger partial charge in [-0.2, -0.15) is 0 Å². The van der Waals surface area contributed by atoms with Crippen molar-refractivity contribution in [3.05, 3.63) is 35.9 Å². The lowest BCUT2D eigenvalue weighted by Crippen LogP contribution is -2.57. The van der Waals surface area contributed by atoms with Crippen molar-refractivity contribution < 1.29 is 14.4 Å². The number of benzene rings is 1. The van der Waals surface area contributed by atoms with Crippen LogP contribution in [0.4, 0.5) is 4.79 Å². The fraction of sp³-hybridized carbons (Fsp3) is 0.690. The van der Waals surface area contributed by atoms with Crippen LogP contribution in [0.2, 0.25) is 0 Å². The first kappa shape index (κ1) is 26.6. The maximum absolute atomic E-state index is 13.9. The number of rotatable bonds is 9. The van der Waals surface area contributed by atoms with Crippen LogP contribution in [0.15, 0.2) is 30.3 Å². The van der Waals surface area contributed by atoms with E-state index in [9.17, 15) is 14.4 Å². The Labute approximate surface area is 215 Å². The van der Waals surface area contributed by atoms with Crippen molar-refractivity contribution >= 4 is 17.8 Å². The minimum absolute atomic E-state index is 0.0443. The first-order chi connectivity index (χ1) is 17.5. The highest BCUT2D eigenvalue weighted by atomic mass is 16.2. The molecule has 7 nitrogen and oxygen atoms in total. The zero-order chi connectivity index (χ0) is 25.4. The van der Waals surface area contributed by atoms with Crippen LogP contribution >= 0.6 is 0 Å². The second-order valence-corrected chi connectivity index (χ2v) is 11.2. The maximum atomic E-state index is 13.9. The normalized spacial score (nSPS) is 21.6. The van der Waals surface area contributed by atoms with E-state index in [2.05, 4.69) is 10.6 Å². The first-order valence-electron chi connectivity index (χ1n) is 14.2. The molecule has 36 heavy (non-hydrogen) atoms. The van der Waals surface area contributed by atoms with Gasteiger partial charge >= 0.3 is 6.03 Å². The number of hydrogen-bond donors (Lipinski definition) is 3. The zero-order valence-corrected chi connectivity index (χ0v) is 21.7. The Balaban J connectivity index is 1.54. The highest BCUT2D eigenvalue weighted by molar-refractivity contribution is 6.09. The minimum atomic E-state index is -1.26. The van der Waals surface area contributed by atoms with Crippen LogP contribution < -0.4 is 16.4 Å². The molecule has 1 heterocycles. The fourth-order valence-corrected chi connectivity index (χ4v) is 6.62. The van der Waals surface area contributed by atoms with Crippen LogP contribution in [-0.4, -0.2) is 48.4 Å². The molecular formula is C29H44N4O3. The summed E-state index contributed by atoms with van der Waals surface area (Å²) in [4.78, 5) is 41.6. The summed E-state index contributed by atoms with van der Waals surface area (Å²) in [6, 6.07) is 9.56. The summed E-state index contributed by atoms with van der Waals surface area (Å²) in [5, 5.41) is 6.75. The van der Waals surface area contributed by atoms with E-state index < -0.39 is 17.2 Å².